The standard InChI is InChI=1S/C14H20F3NO2/c1-11(10-18-8-3-9-19-2)20-13-6-4-12(5-7-13)14(15,16)17/h4-7,11,18H,3,8-10H2,1-2H3. The Bertz CT molecular complexity index is 379. The number of halogens is 3. The van der Waals surface area contributed by atoms with Crippen LogP contribution in [0.4, 0.5) is 13.2 Å². The second-order valence-electron chi connectivity index (χ2n) is 4.50. The zero-order chi connectivity index (χ0) is 15.0. The Balaban J connectivity index is 2.33. The first-order valence-corrected chi connectivity index (χ1v) is 6.47. The molecule has 1 unspecified atom stereocenters. The van der Waals surface area contributed by atoms with E-state index in [0.29, 0.717) is 18.9 Å². The zero-order valence-electron chi connectivity index (χ0n) is 11.7. The molecule has 0 radical (unpaired) electrons. The van der Waals surface area contributed by atoms with E-state index in [4.69, 9.17) is 9.47 Å². The second-order valence-corrected chi connectivity index (χ2v) is 4.50. The predicted molar refractivity (Wildman–Crippen MR) is 70.9 cm³/mol. The minimum Gasteiger partial charge on any atom is -0.489 e. The molecule has 0 aliphatic heterocycles. The summed E-state index contributed by atoms with van der Waals surface area (Å²) in [5.41, 5.74) is -0.671. The molecule has 0 saturated heterocycles. The van der Waals surface area contributed by atoms with Gasteiger partial charge in [-0.1, -0.05) is 0 Å². The molecule has 20 heavy (non-hydrogen) atoms. The highest BCUT2D eigenvalue weighted by Crippen LogP contribution is 2.30. The van der Waals surface area contributed by atoms with Crippen molar-refractivity contribution in [3.8, 4) is 5.75 Å². The van der Waals surface area contributed by atoms with E-state index in [1.165, 1.54) is 12.1 Å². The van der Waals surface area contributed by atoms with Crippen molar-refractivity contribution < 1.29 is 22.6 Å². The number of benzene rings is 1. The van der Waals surface area contributed by atoms with Crippen molar-refractivity contribution in [3.05, 3.63) is 29.8 Å². The van der Waals surface area contributed by atoms with E-state index in [1.807, 2.05) is 6.92 Å². The van der Waals surface area contributed by atoms with E-state index in [2.05, 4.69) is 5.32 Å². The van der Waals surface area contributed by atoms with Gasteiger partial charge in [-0.2, -0.15) is 13.2 Å². The Hall–Kier alpha value is -1.27. The van der Waals surface area contributed by atoms with Gasteiger partial charge in [0.15, 0.2) is 0 Å². The predicted octanol–water partition coefficient (Wildman–Crippen LogP) is 3.10. The third kappa shape index (κ3) is 6.25. The van der Waals surface area contributed by atoms with Gasteiger partial charge in [-0.25, -0.2) is 0 Å². The Morgan fingerprint density at radius 3 is 2.40 bits per heavy atom. The minimum atomic E-state index is -4.31. The first-order chi connectivity index (χ1) is 9.43. The zero-order valence-corrected chi connectivity index (χ0v) is 11.7. The summed E-state index contributed by atoms with van der Waals surface area (Å²) in [4.78, 5) is 0. The monoisotopic (exact) mass is 291 g/mol. The Labute approximate surface area is 117 Å². The minimum absolute atomic E-state index is 0.116. The Kier molecular flexibility index (Phi) is 6.81. The number of ether oxygens (including phenoxy) is 2. The Morgan fingerprint density at radius 2 is 1.85 bits per heavy atom. The maximum atomic E-state index is 12.4. The molecule has 1 rings (SSSR count). The number of rotatable bonds is 8. The second kappa shape index (κ2) is 8.11. The molecule has 0 saturated carbocycles. The van der Waals surface area contributed by atoms with E-state index in [0.717, 1.165) is 25.1 Å². The molecule has 1 aromatic rings. The summed E-state index contributed by atoms with van der Waals surface area (Å²) < 4.78 is 47.6. The normalized spacial score (nSPS) is 13.2. The smallest absolute Gasteiger partial charge is 0.416 e. The SMILES string of the molecule is COCCCNCC(C)Oc1ccc(C(F)(F)F)cc1. The number of hydrogen-bond acceptors (Lipinski definition) is 3. The van der Waals surface area contributed by atoms with Crippen molar-refractivity contribution in [3.63, 3.8) is 0 Å². The summed E-state index contributed by atoms with van der Waals surface area (Å²) in [5.74, 6) is 0.434. The molecule has 1 aromatic carbocycles. The third-order valence-electron chi connectivity index (χ3n) is 2.65. The number of hydrogen-bond donors (Lipinski definition) is 1. The molecule has 0 fully saturated rings. The molecule has 0 aliphatic carbocycles. The van der Waals surface area contributed by atoms with Crippen molar-refractivity contribution in [2.24, 2.45) is 0 Å². The molecule has 0 aromatic heterocycles. The van der Waals surface area contributed by atoms with Gasteiger partial charge in [-0.15, -0.1) is 0 Å². The fourth-order valence-corrected chi connectivity index (χ4v) is 1.64. The fourth-order valence-electron chi connectivity index (χ4n) is 1.64. The number of methoxy groups -OCH3 is 1. The number of nitrogens with one attached hydrogen (secondary N) is 1. The van der Waals surface area contributed by atoms with Gasteiger partial charge < -0.3 is 14.8 Å². The van der Waals surface area contributed by atoms with E-state index in [9.17, 15) is 13.2 Å². The lowest BCUT2D eigenvalue weighted by Crippen LogP contribution is -2.30. The van der Waals surface area contributed by atoms with Crippen molar-refractivity contribution in [2.45, 2.75) is 25.6 Å². The summed E-state index contributed by atoms with van der Waals surface area (Å²) in [6.07, 6.45) is -3.52. The summed E-state index contributed by atoms with van der Waals surface area (Å²) in [5, 5.41) is 3.19. The van der Waals surface area contributed by atoms with Crippen LogP contribution in [-0.4, -0.2) is 32.9 Å². The molecule has 0 bridgehead atoms. The van der Waals surface area contributed by atoms with Gasteiger partial charge in [-0.3, -0.25) is 0 Å². The lowest BCUT2D eigenvalue weighted by molar-refractivity contribution is -0.137. The summed E-state index contributed by atoms with van der Waals surface area (Å²) in [6.45, 7) is 4.00. The van der Waals surface area contributed by atoms with Crippen LogP contribution in [0, 0.1) is 0 Å². The van der Waals surface area contributed by atoms with Crippen LogP contribution in [0.25, 0.3) is 0 Å². The van der Waals surface area contributed by atoms with Gasteiger partial charge >= 0.3 is 6.18 Å². The van der Waals surface area contributed by atoms with Crippen LogP contribution in [0.1, 0.15) is 18.9 Å². The molecular weight excluding hydrogens is 271 g/mol. The molecule has 3 nitrogen and oxygen atoms in total. The molecule has 1 N–H and O–H groups in total. The van der Waals surface area contributed by atoms with Gasteiger partial charge in [0, 0.05) is 20.3 Å². The molecule has 0 spiro atoms. The van der Waals surface area contributed by atoms with Crippen LogP contribution < -0.4 is 10.1 Å². The van der Waals surface area contributed by atoms with Gasteiger partial charge in [0.2, 0.25) is 0 Å². The highest BCUT2D eigenvalue weighted by Gasteiger charge is 2.30. The van der Waals surface area contributed by atoms with Crippen molar-refractivity contribution in [2.75, 3.05) is 26.8 Å². The summed E-state index contributed by atoms with van der Waals surface area (Å²) >= 11 is 0. The van der Waals surface area contributed by atoms with Crippen LogP contribution >= 0.6 is 0 Å². The van der Waals surface area contributed by atoms with Crippen LogP contribution in [0.15, 0.2) is 24.3 Å². The lowest BCUT2D eigenvalue weighted by Gasteiger charge is -2.16. The van der Waals surface area contributed by atoms with E-state index >= 15 is 0 Å². The van der Waals surface area contributed by atoms with Crippen molar-refractivity contribution >= 4 is 0 Å². The summed E-state index contributed by atoms with van der Waals surface area (Å²) in [6, 6.07) is 4.72. The van der Waals surface area contributed by atoms with Crippen LogP contribution in [0.2, 0.25) is 0 Å². The number of alkyl halides is 3. The first-order valence-electron chi connectivity index (χ1n) is 6.47. The fraction of sp³-hybridized carbons (Fsp3) is 0.571. The van der Waals surface area contributed by atoms with E-state index < -0.39 is 11.7 Å². The maximum Gasteiger partial charge on any atom is 0.416 e. The van der Waals surface area contributed by atoms with Gasteiger partial charge in [-0.05, 0) is 44.2 Å². The highest BCUT2D eigenvalue weighted by molar-refractivity contribution is 5.28. The lowest BCUT2D eigenvalue weighted by atomic mass is 10.2. The van der Waals surface area contributed by atoms with E-state index in [1.54, 1.807) is 7.11 Å². The van der Waals surface area contributed by atoms with Crippen molar-refractivity contribution in [1.29, 1.82) is 0 Å². The van der Waals surface area contributed by atoms with Crippen LogP contribution in [0.5, 0.6) is 5.75 Å². The molecule has 0 aliphatic rings. The maximum absolute atomic E-state index is 12.4. The van der Waals surface area contributed by atoms with E-state index in [-0.39, 0.29) is 6.10 Å². The molecule has 6 heteroatoms. The molecular formula is C14H20F3NO2. The molecule has 0 heterocycles. The average Bonchev–Trinajstić information content (AvgIpc) is 2.38. The highest BCUT2D eigenvalue weighted by atomic mass is 19.4. The quantitative estimate of drug-likeness (QED) is 0.747. The van der Waals surface area contributed by atoms with Gasteiger partial charge in [0.25, 0.3) is 0 Å². The van der Waals surface area contributed by atoms with Crippen molar-refractivity contribution in [1.82, 2.24) is 5.32 Å². The Morgan fingerprint density at radius 1 is 1.20 bits per heavy atom. The van der Waals surface area contributed by atoms with Gasteiger partial charge in [0.1, 0.15) is 11.9 Å². The molecule has 1 atom stereocenters. The third-order valence-corrected chi connectivity index (χ3v) is 2.65. The summed E-state index contributed by atoms with van der Waals surface area (Å²) in [7, 11) is 1.65. The van der Waals surface area contributed by atoms with Crippen LogP contribution in [-0.2, 0) is 10.9 Å². The first kappa shape index (κ1) is 16.8. The topological polar surface area (TPSA) is 30.5 Å². The largest absolute Gasteiger partial charge is 0.489 e. The molecule has 0 amide bonds. The van der Waals surface area contributed by atoms with Crippen LogP contribution in [0.3, 0.4) is 0 Å². The molecule has 114 valence electrons. The van der Waals surface area contributed by atoms with Gasteiger partial charge in [0.05, 0.1) is 5.56 Å². The average molecular weight is 291 g/mol.